The fraction of sp³-hybridized carbons (Fsp3) is 0.0667. The number of hydrogen-bond acceptors (Lipinski definition) is 4. The zero-order valence-corrected chi connectivity index (χ0v) is 11.5. The number of aromatic nitrogens is 2. The molecule has 3 N–H and O–H groups in total. The van der Waals surface area contributed by atoms with Crippen molar-refractivity contribution in [3.05, 3.63) is 58.6 Å². The second-order valence-electron chi connectivity index (χ2n) is 4.87. The van der Waals surface area contributed by atoms with Crippen LogP contribution < -0.4 is 11.3 Å². The van der Waals surface area contributed by atoms with Gasteiger partial charge in [0.2, 0.25) is 5.82 Å². The SMILES string of the molecule is Nc1ccc2nc(C(F)(F)F)n(-c3ccc(O)cc3)c(=O)c2c1. The number of aromatic hydroxyl groups is 1. The van der Waals surface area contributed by atoms with Gasteiger partial charge < -0.3 is 10.8 Å². The van der Waals surface area contributed by atoms with Gasteiger partial charge in [-0.3, -0.25) is 9.36 Å². The monoisotopic (exact) mass is 321 g/mol. The topological polar surface area (TPSA) is 81.1 Å². The Balaban J connectivity index is 2.44. The molecule has 0 unspecified atom stereocenters. The molecule has 3 rings (SSSR count). The second-order valence-corrected chi connectivity index (χ2v) is 4.87. The minimum atomic E-state index is -4.83. The van der Waals surface area contributed by atoms with Gasteiger partial charge in [0, 0.05) is 5.69 Å². The van der Waals surface area contributed by atoms with Crippen LogP contribution in [0.15, 0.2) is 47.3 Å². The summed E-state index contributed by atoms with van der Waals surface area (Å²) < 4.78 is 40.4. The number of hydrogen-bond donors (Lipinski definition) is 2. The van der Waals surface area contributed by atoms with Crippen molar-refractivity contribution in [3.63, 3.8) is 0 Å². The third kappa shape index (κ3) is 2.59. The van der Waals surface area contributed by atoms with Gasteiger partial charge >= 0.3 is 6.18 Å². The van der Waals surface area contributed by atoms with Crippen LogP contribution in [-0.4, -0.2) is 14.7 Å². The summed E-state index contributed by atoms with van der Waals surface area (Å²) >= 11 is 0. The second kappa shape index (κ2) is 5.01. The quantitative estimate of drug-likeness (QED) is 0.675. The van der Waals surface area contributed by atoms with Crippen molar-refractivity contribution in [1.29, 1.82) is 0 Å². The first-order chi connectivity index (χ1) is 10.8. The smallest absolute Gasteiger partial charge is 0.450 e. The largest absolute Gasteiger partial charge is 0.508 e. The van der Waals surface area contributed by atoms with E-state index in [1.54, 1.807) is 0 Å². The van der Waals surface area contributed by atoms with E-state index in [0.717, 1.165) is 0 Å². The van der Waals surface area contributed by atoms with E-state index in [1.165, 1.54) is 42.5 Å². The van der Waals surface area contributed by atoms with Crippen LogP contribution in [0.4, 0.5) is 18.9 Å². The summed E-state index contributed by atoms with van der Waals surface area (Å²) in [6.07, 6.45) is -4.83. The zero-order chi connectivity index (χ0) is 16.8. The minimum absolute atomic E-state index is 0.0222. The van der Waals surface area contributed by atoms with Gasteiger partial charge in [-0.1, -0.05) is 0 Å². The number of rotatable bonds is 1. The van der Waals surface area contributed by atoms with E-state index in [1.807, 2.05) is 0 Å². The predicted octanol–water partition coefficient (Wildman–Crippen LogP) is 2.69. The molecule has 0 atom stereocenters. The normalized spacial score (nSPS) is 11.8. The Labute approximate surface area is 127 Å². The number of phenols is 1. The summed E-state index contributed by atoms with van der Waals surface area (Å²) in [5, 5.41) is 9.25. The molecule has 0 saturated carbocycles. The average molecular weight is 321 g/mol. The lowest BCUT2D eigenvalue weighted by molar-refractivity contribution is -0.146. The number of alkyl halides is 3. The molecule has 23 heavy (non-hydrogen) atoms. The summed E-state index contributed by atoms with van der Waals surface area (Å²) in [7, 11) is 0. The van der Waals surface area contributed by atoms with Crippen LogP contribution in [0.2, 0.25) is 0 Å². The Kier molecular flexibility index (Phi) is 3.24. The number of fused-ring (bicyclic) bond motifs is 1. The fourth-order valence-corrected chi connectivity index (χ4v) is 2.23. The van der Waals surface area contributed by atoms with Crippen molar-refractivity contribution in [3.8, 4) is 11.4 Å². The highest BCUT2D eigenvalue weighted by atomic mass is 19.4. The molecule has 0 fully saturated rings. The third-order valence-corrected chi connectivity index (χ3v) is 3.25. The molecule has 0 bridgehead atoms. The maximum absolute atomic E-state index is 13.3. The van der Waals surface area contributed by atoms with Crippen molar-refractivity contribution in [2.45, 2.75) is 6.18 Å². The molecule has 5 nitrogen and oxygen atoms in total. The first-order valence-corrected chi connectivity index (χ1v) is 6.46. The van der Waals surface area contributed by atoms with Crippen LogP contribution in [0.5, 0.6) is 5.75 Å². The predicted molar refractivity (Wildman–Crippen MR) is 78.4 cm³/mol. The maximum Gasteiger partial charge on any atom is 0.450 e. The Morgan fingerprint density at radius 3 is 2.35 bits per heavy atom. The summed E-state index contributed by atoms with van der Waals surface area (Å²) in [4.78, 5) is 16.1. The van der Waals surface area contributed by atoms with Gasteiger partial charge in [-0.2, -0.15) is 13.2 Å². The van der Waals surface area contributed by atoms with Gasteiger partial charge in [-0.25, -0.2) is 4.98 Å². The number of phenolic OH excluding ortho intramolecular Hbond substituents is 1. The van der Waals surface area contributed by atoms with Gasteiger partial charge in [0.1, 0.15) is 5.75 Å². The standard InChI is InChI=1S/C15H10F3N3O2/c16-15(17,18)14-20-12-6-1-8(19)7-11(12)13(23)21(14)9-2-4-10(22)5-3-9/h1-7,22H,19H2. The molecule has 118 valence electrons. The fourth-order valence-electron chi connectivity index (χ4n) is 2.23. The van der Waals surface area contributed by atoms with Crippen LogP contribution in [-0.2, 0) is 6.18 Å². The Morgan fingerprint density at radius 1 is 1.09 bits per heavy atom. The Bertz CT molecular complexity index is 947. The molecule has 0 aliphatic carbocycles. The van der Waals surface area contributed by atoms with E-state index in [9.17, 15) is 23.1 Å². The number of nitrogens with zero attached hydrogens (tertiary/aromatic N) is 2. The lowest BCUT2D eigenvalue weighted by atomic mass is 10.2. The van der Waals surface area contributed by atoms with Gasteiger partial charge in [0.05, 0.1) is 16.6 Å². The van der Waals surface area contributed by atoms with Gasteiger partial charge in [0.15, 0.2) is 0 Å². The minimum Gasteiger partial charge on any atom is -0.508 e. The lowest BCUT2D eigenvalue weighted by Gasteiger charge is -2.15. The van der Waals surface area contributed by atoms with Crippen LogP contribution in [0.25, 0.3) is 16.6 Å². The summed E-state index contributed by atoms with van der Waals surface area (Å²) in [6.45, 7) is 0. The molecular formula is C15H10F3N3O2. The van der Waals surface area contributed by atoms with E-state index >= 15 is 0 Å². The number of halogens is 3. The highest BCUT2D eigenvalue weighted by Gasteiger charge is 2.37. The third-order valence-electron chi connectivity index (χ3n) is 3.25. The van der Waals surface area contributed by atoms with Crippen LogP contribution >= 0.6 is 0 Å². The molecule has 1 heterocycles. The Morgan fingerprint density at radius 2 is 1.74 bits per heavy atom. The molecule has 0 spiro atoms. The first kappa shape index (κ1) is 14.9. The number of benzene rings is 2. The molecule has 0 aliphatic rings. The van der Waals surface area contributed by atoms with Crippen molar-refractivity contribution in [2.24, 2.45) is 0 Å². The van der Waals surface area contributed by atoms with Crippen LogP contribution in [0.3, 0.4) is 0 Å². The molecule has 0 radical (unpaired) electrons. The molecule has 3 aromatic rings. The maximum atomic E-state index is 13.3. The van der Waals surface area contributed by atoms with E-state index in [4.69, 9.17) is 5.73 Å². The molecule has 0 aliphatic heterocycles. The number of anilines is 1. The zero-order valence-electron chi connectivity index (χ0n) is 11.5. The van der Waals surface area contributed by atoms with E-state index in [0.29, 0.717) is 4.57 Å². The van der Waals surface area contributed by atoms with E-state index in [-0.39, 0.29) is 28.0 Å². The number of nitrogens with two attached hydrogens (primary N) is 1. The molecule has 8 heteroatoms. The summed E-state index contributed by atoms with van der Waals surface area (Å²) in [6, 6.07) is 8.69. The molecular weight excluding hydrogens is 311 g/mol. The lowest BCUT2D eigenvalue weighted by Crippen LogP contribution is -2.28. The van der Waals surface area contributed by atoms with E-state index in [2.05, 4.69) is 4.98 Å². The summed E-state index contributed by atoms with van der Waals surface area (Å²) in [5.74, 6) is -1.47. The summed E-state index contributed by atoms with van der Waals surface area (Å²) in [5.41, 5.74) is 4.80. The molecule has 2 aromatic carbocycles. The average Bonchev–Trinajstić information content (AvgIpc) is 2.48. The van der Waals surface area contributed by atoms with Crippen molar-refractivity contribution < 1.29 is 18.3 Å². The van der Waals surface area contributed by atoms with Crippen molar-refractivity contribution >= 4 is 16.6 Å². The highest BCUT2D eigenvalue weighted by Crippen LogP contribution is 2.30. The molecule has 0 saturated heterocycles. The van der Waals surface area contributed by atoms with Gasteiger partial charge in [-0.15, -0.1) is 0 Å². The first-order valence-electron chi connectivity index (χ1n) is 6.46. The van der Waals surface area contributed by atoms with Gasteiger partial charge in [-0.05, 0) is 42.5 Å². The van der Waals surface area contributed by atoms with Crippen molar-refractivity contribution in [2.75, 3.05) is 5.73 Å². The Hall–Kier alpha value is -3.03. The van der Waals surface area contributed by atoms with E-state index < -0.39 is 17.6 Å². The van der Waals surface area contributed by atoms with Crippen LogP contribution in [0.1, 0.15) is 5.82 Å². The van der Waals surface area contributed by atoms with Crippen LogP contribution in [0, 0.1) is 0 Å². The van der Waals surface area contributed by atoms with Gasteiger partial charge in [0.25, 0.3) is 5.56 Å². The highest BCUT2D eigenvalue weighted by molar-refractivity contribution is 5.81. The molecule has 0 amide bonds. The number of nitrogen functional groups attached to an aromatic ring is 1. The molecule has 1 aromatic heterocycles. The van der Waals surface area contributed by atoms with Crippen molar-refractivity contribution in [1.82, 2.24) is 9.55 Å².